The lowest BCUT2D eigenvalue weighted by molar-refractivity contribution is -0.121. The van der Waals surface area contributed by atoms with E-state index in [1.54, 1.807) is 17.5 Å². The first-order valence-electron chi connectivity index (χ1n) is 6.88. The predicted molar refractivity (Wildman–Crippen MR) is 79.5 cm³/mol. The minimum atomic E-state index is 0.0861. The van der Waals surface area contributed by atoms with Gasteiger partial charge in [0, 0.05) is 30.2 Å². The molecule has 0 spiro atoms. The van der Waals surface area contributed by atoms with Crippen LogP contribution in [0.15, 0.2) is 18.5 Å². The van der Waals surface area contributed by atoms with Crippen molar-refractivity contribution in [1.82, 2.24) is 20.1 Å². The standard InChI is InChI=1S/C14H20N4OS/c1-3-14-17-11(2)12(20-14)10-15-13(19)6-4-8-18-9-5-7-16-18/h5,7,9H,3-4,6,8,10H2,1-2H3,(H,15,19). The van der Waals surface area contributed by atoms with E-state index in [4.69, 9.17) is 0 Å². The molecule has 0 bridgehead atoms. The smallest absolute Gasteiger partial charge is 0.220 e. The quantitative estimate of drug-likeness (QED) is 0.852. The third-order valence-corrected chi connectivity index (χ3v) is 4.34. The molecule has 0 saturated carbocycles. The minimum absolute atomic E-state index is 0.0861. The Bertz CT molecular complexity index is 548. The first-order valence-corrected chi connectivity index (χ1v) is 7.70. The highest BCUT2D eigenvalue weighted by molar-refractivity contribution is 7.11. The third-order valence-electron chi connectivity index (χ3n) is 3.04. The van der Waals surface area contributed by atoms with Crippen molar-refractivity contribution >= 4 is 17.2 Å². The van der Waals surface area contributed by atoms with Gasteiger partial charge < -0.3 is 5.32 Å². The van der Waals surface area contributed by atoms with Crippen LogP contribution in [0.4, 0.5) is 0 Å². The Morgan fingerprint density at radius 1 is 1.50 bits per heavy atom. The van der Waals surface area contributed by atoms with Gasteiger partial charge in [-0.15, -0.1) is 11.3 Å². The number of thiazole rings is 1. The van der Waals surface area contributed by atoms with Crippen molar-refractivity contribution in [3.8, 4) is 0 Å². The molecule has 2 rings (SSSR count). The number of amides is 1. The Labute approximate surface area is 123 Å². The maximum absolute atomic E-state index is 11.8. The molecular weight excluding hydrogens is 272 g/mol. The van der Waals surface area contributed by atoms with Crippen LogP contribution in [0.2, 0.25) is 0 Å². The van der Waals surface area contributed by atoms with E-state index < -0.39 is 0 Å². The number of aryl methyl sites for hydroxylation is 3. The van der Waals surface area contributed by atoms with Crippen LogP contribution < -0.4 is 5.32 Å². The average molecular weight is 292 g/mol. The van der Waals surface area contributed by atoms with E-state index in [1.165, 1.54) is 0 Å². The van der Waals surface area contributed by atoms with E-state index in [0.717, 1.165) is 35.0 Å². The lowest BCUT2D eigenvalue weighted by atomic mass is 10.3. The molecule has 2 aromatic rings. The Morgan fingerprint density at radius 2 is 2.35 bits per heavy atom. The molecule has 0 saturated heterocycles. The number of carbonyl (C=O) groups excluding carboxylic acids is 1. The fourth-order valence-electron chi connectivity index (χ4n) is 1.91. The number of hydrogen-bond acceptors (Lipinski definition) is 4. The van der Waals surface area contributed by atoms with Gasteiger partial charge in [-0.05, 0) is 25.8 Å². The number of rotatable bonds is 7. The Hall–Kier alpha value is -1.69. The first kappa shape index (κ1) is 14.7. The van der Waals surface area contributed by atoms with Gasteiger partial charge in [-0.1, -0.05) is 6.92 Å². The fourth-order valence-corrected chi connectivity index (χ4v) is 2.85. The summed E-state index contributed by atoms with van der Waals surface area (Å²) in [7, 11) is 0. The van der Waals surface area contributed by atoms with Gasteiger partial charge >= 0.3 is 0 Å². The Balaban J connectivity index is 1.70. The molecule has 0 unspecified atom stereocenters. The van der Waals surface area contributed by atoms with Gasteiger partial charge in [0.05, 0.1) is 17.2 Å². The van der Waals surface area contributed by atoms with Gasteiger partial charge in [0.2, 0.25) is 5.91 Å². The molecule has 0 aliphatic heterocycles. The van der Waals surface area contributed by atoms with E-state index in [2.05, 4.69) is 22.3 Å². The van der Waals surface area contributed by atoms with Crippen molar-refractivity contribution in [2.24, 2.45) is 0 Å². The zero-order valence-electron chi connectivity index (χ0n) is 11.9. The number of aromatic nitrogens is 3. The van der Waals surface area contributed by atoms with E-state index in [0.29, 0.717) is 13.0 Å². The van der Waals surface area contributed by atoms with Crippen molar-refractivity contribution in [2.45, 2.75) is 46.2 Å². The molecule has 0 radical (unpaired) electrons. The summed E-state index contributed by atoms with van der Waals surface area (Å²) in [6.45, 7) is 5.45. The van der Waals surface area contributed by atoms with Crippen LogP contribution in [0.5, 0.6) is 0 Å². The highest BCUT2D eigenvalue weighted by atomic mass is 32.1. The Kier molecular flexibility index (Phi) is 5.29. The lowest BCUT2D eigenvalue weighted by Gasteiger charge is -2.04. The average Bonchev–Trinajstić information content (AvgIpc) is 3.06. The third kappa shape index (κ3) is 4.16. The van der Waals surface area contributed by atoms with Crippen LogP contribution in [0.3, 0.4) is 0 Å². The largest absolute Gasteiger partial charge is 0.351 e. The SMILES string of the molecule is CCc1nc(C)c(CNC(=O)CCCn2cccn2)s1. The van der Waals surface area contributed by atoms with Crippen LogP contribution in [0.25, 0.3) is 0 Å². The molecule has 0 aliphatic rings. The lowest BCUT2D eigenvalue weighted by Crippen LogP contribution is -2.22. The van der Waals surface area contributed by atoms with E-state index in [-0.39, 0.29) is 5.91 Å². The first-order chi connectivity index (χ1) is 9.69. The molecular formula is C14H20N4OS. The second kappa shape index (κ2) is 7.19. The molecule has 0 fully saturated rings. The molecule has 0 aromatic carbocycles. The molecule has 2 aromatic heterocycles. The van der Waals surface area contributed by atoms with Gasteiger partial charge in [0.1, 0.15) is 0 Å². The van der Waals surface area contributed by atoms with Crippen molar-refractivity contribution in [1.29, 1.82) is 0 Å². The molecule has 108 valence electrons. The van der Waals surface area contributed by atoms with E-state index in [1.807, 2.05) is 23.9 Å². The molecule has 1 amide bonds. The van der Waals surface area contributed by atoms with Gasteiger partial charge in [0.25, 0.3) is 0 Å². The summed E-state index contributed by atoms with van der Waals surface area (Å²) in [6.07, 6.45) is 5.93. The summed E-state index contributed by atoms with van der Waals surface area (Å²) >= 11 is 1.68. The second-order valence-electron chi connectivity index (χ2n) is 4.62. The van der Waals surface area contributed by atoms with Crippen LogP contribution in [0, 0.1) is 6.92 Å². The summed E-state index contributed by atoms with van der Waals surface area (Å²) in [6, 6.07) is 1.89. The Morgan fingerprint density at radius 3 is 3.00 bits per heavy atom. The molecule has 0 atom stereocenters. The number of hydrogen-bond donors (Lipinski definition) is 1. The molecule has 20 heavy (non-hydrogen) atoms. The monoisotopic (exact) mass is 292 g/mol. The predicted octanol–water partition coefficient (Wildman–Crippen LogP) is 2.31. The maximum atomic E-state index is 11.8. The fraction of sp³-hybridized carbons (Fsp3) is 0.500. The zero-order valence-corrected chi connectivity index (χ0v) is 12.7. The maximum Gasteiger partial charge on any atom is 0.220 e. The normalized spacial score (nSPS) is 10.7. The highest BCUT2D eigenvalue weighted by Crippen LogP contribution is 2.18. The number of carbonyl (C=O) groups is 1. The van der Waals surface area contributed by atoms with Gasteiger partial charge in [-0.3, -0.25) is 9.48 Å². The van der Waals surface area contributed by atoms with Crippen LogP contribution in [-0.2, 0) is 24.3 Å². The molecule has 5 nitrogen and oxygen atoms in total. The van der Waals surface area contributed by atoms with Crippen LogP contribution >= 0.6 is 11.3 Å². The molecule has 1 N–H and O–H groups in total. The molecule has 0 aliphatic carbocycles. The van der Waals surface area contributed by atoms with Crippen LogP contribution in [-0.4, -0.2) is 20.7 Å². The summed E-state index contributed by atoms with van der Waals surface area (Å²) in [5.74, 6) is 0.0861. The second-order valence-corrected chi connectivity index (χ2v) is 5.79. The van der Waals surface area contributed by atoms with Gasteiger partial charge in [-0.2, -0.15) is 5.10 Å². The van der Waals surface area contributed by atoms with Crippen molar-refractivity contribution < 1.29 is 4.79 Å². The van der Waals surface area contributed by atoms with Crippen LogP contribution in [0.1, 0.15) is 35.3 Å². The molecule has 6 heteroatoms. The van der Waals surface area contributed by atoms with E-state index in [9.17, 15) is 4.79 Å². The van der Waals surface area contributed by atoms with Crippen molar-refractivity contribution in [2.75, 3.05) is 0 Å². The minimum Gasteiger partial charge on any atom is -0.351 e. The van der Waals surface area contributed by atoms with Gasteiger partial charge in [0.15, 0.2) is 0 Å². The summed E-state index contributed by atoms with van der Waals surface area (Å²) in [4.78, 5) is 17.4. The van der Waals surface area contributed by atoms with Gasteiger partial charge in [-0.25, -0.2) is 4.98 Å². The summed E-state index contributed by atoms with van der Waals surface area (Å²) < 4.78 is 1.84. The zero-order chi connectivity index (χ0) is 14.4. The topological polar surface area (TPSA) is 59.8 Å². The number of nitrogens with zero attached hydrogens (tertiary/aromatic N) is 3. The summed E-state index contributed by atoms with van der Waals surface area (Å²) in [5, 5.41) is 8.20. The highest BCUT2D eigenvalue weighted by Gasteiger charge is 2.08. The van der Waals surface area contributed by atoms with Crippen molar-refractivity contribution in [3.63, 3.8) is 0 Å². The summed E-state index contributed by atoms with van der Waals surface area (Å²) in [5.41, 5.74) is 1.03. The molecule has 2 heterocycles. The van der Waals surface area contributed by atoms with Crippen molar-refractivity contribution in [3.05, 3.63) is 34.0 Å². The number of nitrogens with one attached hydrogen (secondary N) is 1. The van der Waals surface area contributed by atoms with E-state index >= 15 is 0 Å².